The van der Waals surface area contributed by atoms with E-state index in [-0.39, 0.29) is 18.0 Å². The summed E-state index contributed by atoms with van der Waals surface area (Å²) in [6.07, 6.45) is -2.54. The largest absolute Gasteiger partial charge is 0.416 e. The smallest absolute Gasteiger partial charge is 0.326 e. The molecule has 0 aliphatic heterocycles. The van der Waals surface area contributed by atoms with Gasteiger partial charge in [-0.25, -0.2) is 9.50 Å². The number of nitrogens with zero attached hydrogens (tertiary/aromatic N) is 4. The van der Waals surface area contributed by atoms with Crippen molar-refractivity contribution in [2.45, 2.75) is 32.9 Å². The molecule has 0 bridgehead atoms. The Hall–Kier alpha value is -2.97. The van der Waals surface area contributed by atoms with E-state index >= 15 is 0 Å². The standard InChI is InChI=1S/C17H16F3N5O/c1-10-14(11(2)25-16(23-10)21-9-22-25)6-7-15(26)24-13-5-3-4-12(8-13)17(18,19)20/h3-5,8-9H,6-7H2,1-2H3,(H,24,26). The number of alkyl halides is 3. The maximum Gasteiger partial charge on any atom is 0.416 e. The van der Waals surface area contributed by atoms with Crippen LogP contribution in [0.4, 0.5) is 18.9 Å². The van der Waals surface area contributed by atoms with Crippen LogP contribution in [0.3, 0.4) is 0 Å². The first-order valence-corrected chi connectivity index (χ1v) is 7.88. The molecule has 3 rings (SSSR count). The quantitative estimate of drug-likeness (QED) is 0.772. The highest BCUT2D eigenvalue weighted by Gasteiger charge is 2.30. The molecule has 0 spiro atoms. The van der Waals surface area contributed by atoms with E-state index in [9.17, 15) is 18.0 Å². The van der Waals surface area contributed by atoms with E-state index in [1.165, 1.54) is 18.5 Å². The molecule has 0 radical (unpaired) electrons. The summed E-state index contributed by atoms with van der Waals surface area (Å²) in [6, 6.07) is 4.56. The van der Waals surface area contributed by atoms with Gasteiger partial charge in [0.2, 0.25) is 5.91 Å². The van der Waals surface area contributed by atoms with Crippen molar-refractivity contribution in [2.75, 3.05) is 5.32 Å². The van der Waals surface area contributed by atoms with Gasteiger partial charge in [-0.05, 0) is 44.0 Å². The number of carbonyl (C=O) groups is 1. The number of aryl methyl sites for hydroxylation is 2. The lowest BCUT2D eigenvalue weighted by atomic mass is 10.1. The van der Waals surface area contributed by atoms with Crippen LogP contribution in [0.5, 0.6) is 0 Å². The first kappa shape index (κ1) is 17.8. The number of benzene rings is 1. The van der Waals surface area contributed by atoms with Gasteiger partial charge in [-0.3, -0.25) is 4.79 Å². The molecule has 0 unspecified atom stereocenters. The van der Waals surface area contributed by atoms with Crippen molar-refractivity contribution in [3.63, 3.8) is 0 Å². The van der Waals surface area contributed by atoms with Crippen molar-refractivity contribution in [1.29, 1.82) is 0 Å². The molecule has 2 heterocycles. The predicted octanol–water partition coefficient (Wildman–Crippen LogP) is 3.33. The fourth-order valence-corrected chi connectivity index (χ4v) is 2.75. The van der Waals surface area contributed by atoms with Gasteiger partial charge in [-0.2, -0.15) is 23.3 Å². The van der Waals surface area contributed by atoms with Gasteiger partial charge in [0.15, 0.2) is 0 Å². The summed E-state index contributed by atoms with van der Waals surface area (Å²) in [6.45, 7) is 3.68. The molecule has 0 saturated carbocycles. The highest BCUT2D eigenvalue weighted by Crippen LogP contribution is 2.30. The van der Waals surface area contributed by atoms with Gasteiger partial charge in [-0.15, -0.1) is 0 Å². The van der Waals surface area contributed by atoms with Crippen LogP contribution in [-0.2, 0) is 17.4 Å². The number of carbonyl (C=O) groups excluding carboxylic acids is 1. The Balaban J connectivity index is 1.70. The number of hydrogen-bond acceptors (Lipinski definition) is 4. The van der Waals surface area contributed by atoms with Gasteiger partial charge in [0.25, 0.3) is 5.78 Å². The third-order valence-corrected chi connectivity index (χ3v) is 4.06. The number of rotatable bonds is 4. The lowest BCUT2D eigenvalue weighted by molar-refractivity contribution is -0.137. The maximum atomic E-state index is 12.7. The van der Waals surface area contributed by atoms with Crippen molar-refractivity contribution in [1.82, 2.24) is 19.6 Å². The zero-order chi connectivity index (χ0) is 18.9. The van der Waals surface area contributed by atoms with Gasteiger partial charge in [-0.1, -0.05) is 6.07 Å². The molecule has 0 aliphatic carbocycles. The van der Waals surface area contributed by atoms with Gasteiger partial charge in [0, 0.05) is 23.5 Å². The molecule has 1 amide bonds. The molecule has 3 aromatic rings. The summed E-state index contributed by atoms with van der Waals surface area (Å²) >= 11 is 0. The van der Waals surface area contributed by atoms with Crippen LogP contribution in [0.1, 0.15) is 28.9 Å². The first-order valence-electron chi connectivity index (χ1n) is 7.88. The zero-order valence-electron chi connectivity index (χ0n) is 14.1. The molecule has 0 saturated heterocycles. The minimum atomic E-state index is -4.45. The van der Waals surface area contributed by atoms with Crippen molar-refractivity contribution >= 4 is 17.4 Å². The summed E-state index contributed by atoms with van der Waals surface area (Å²) in [5, 5.41) is 6.59. The summed E-state index contributed by atoms with van der Waals surface area (Å²) in [7, 11) is 0. The average Bonchev–Trinajstić information content (AvgIpc) is 3.02. The highest BCUT2D eigenvalue weighted by molar-refractivity contribution is 5.90. The van der Waals surface area contributed by atoms with E-state index in [2.05, 4.69) is 20.4 Å². The number of halogens is 3. The number of fused-ring (bicyclic) bond motifs is 1. The monoisotopic (exact) mass is 363 g/mol. The Bertz CT molecular complexity index is 965. The minimum Gasteiger partial charge on any atom is -0.326 e. The molecule has 0 atom stereocenters. The van der Waals surface area contributed by atoms with Crippen molar-refractivity contribution in [3.05, 3.63) is 53.1 Å². The second kappa shape index (κ2) is 6.74. The maximum absolute atomic E-state index is 12.7. The van der Waals surface area contributed by atoms with E-state index in [4.69, 9.17) is 0 Å². The number of amides is 1. The number of nitrogens with one attached hydrogen (secondary N) is 1. The summed E-state index contributed by atoms with van der Waals surface area (Å²) in [4.78, 5) is 20.5. The van der Waals surface area contributed by atoms with Gasteiger partial charge < -0.3 is 5.32 Å². The second-order valence-electron chi connectivity index (χ2n) is 5.86. The second-order valence-corrected chi connectivity index (χ2v) is 5.86. The van der Waals surface area contributed by atoms with Crippen LogP contribution < -0.4 is 5.32 Å². The fourth-order valence-electron chi connectivity index (χ4n) is 2.75. The molecule has 136 valence electrons. The molecule has 2 aromatic heterocycles. The van der Waals surface area contributed by atoms with Crippen molar-refractivity contribution in [2.24, 2.45) is 0 Å². The molecule has 1 N–H and O–H groups in total. The third-order valence-electron chi connectivity index (χ3n) is 4.06. The molecule has 26 heavy (non-hydrogen) atoms. The number of hydrogen-bond donors (Lipinski definition) is 1. The third kappa shape index (κ3) is 3.66. The van der Waals surface area contributed by atoms with Gasteiger partial charge in [0.1, 0.15) is 6.33 Å². The van der Waals surface area contributed by atoms with Crippen LogP contribution >= 0.6 is 0 Å². The molecule has 0 aliphatic rings. The lowest BCUT2D eigenvalue weighted by Gasteiger charge is -2.12. The van der Waals surface area contributed by atoms with E-state index in [0.717, 1.165) is 29.1 Å². The van der Waals surface area contributed by atoms with Crippen LogP contribution in [0.25, 0.3) is 5.78 Å². The Morgan fingerprint density at radius 1 is 1.27 bits per heavy atom. The van der Waals surface area contributed by atoms with E-state index in [1.54, 1.807) is 4.52 Å². The van der Waals surface area contributed by atoms with E-state index in [0.29, 0.717) is 12.2 Å². The van der Waals surface area contributed by atoms with E-state index < -0.39 is 11.7 Å². The molecule has 9 heteroatoms. The summed E-state index contributed by atoms with van der Waals surface area (Å²) < 4.78 is 39.8. The lowest BCUT2D eigenvalue weighted by Crippen LogP contribution is -2.15. The van der Waals surface area contributed by atoms with Gasteiger partial charge in [0.05, 0.1) is 5.56 Å². The fraction of sp³-hybridized carbons (Fsp3) is 0.294. The van der Waals surface area contributed by atoms with Gasteiger partial charge >= 0.3 is 6.18 Å². The number of aromatic nitrogens is 4. The molecule has 6 nitrogen and oxygen atoms in total. The average molecular weight is 363 g/mol. The minimum absolute atomic E-state index is 0.111. The van der Waals surface area contributed by atoms with Crippen LogP contribution in [-0.4, -0.2) is 25.5 Å². The summed E-state index contributed by atoms with van der Waals surface area (Å²) in [5.41, 5.74) is 1.75. The predicted molar refractivity (Wildman–Crippen MR) is 88.7 cm³/mol. The molecular weight excluding hydrogens is 347 g/mol. The SMILES string of the molecule is Cc1nc2ncnn2c(C)c1CCC(=O)Nc1cccc(C(F)(F)F)c1. The van der Waals surface area contributed by atoms with Crippen LogP contribution in [0.15, 0.2) is 30.6 Å². The molecular formula is C17H16F3N5O. The van der Waals surface area contributed by atoms with Crippen molar-refractivity contribution in [3.8, 4) is 0 Å². The topological polar surface area (TPSA) is 72.2 Å². The summed E-state index contributed by atoms with van der Waals surface area (Å²) in [5.74, 6) is 0.110. The van der Waals surface area contributed by atoms with Crippen molar-refractivity contribution < 1.29 is 18.0 Å². The molecule has 1 aromatic carbocycles. The zero-order valence-corrected chi connectivity index (χ0v) is 14.1. The highest BCUT2D eigenvalue weighted by atomic mass is 19.4. The normalized spacial score (nSPS) is 11.7. The number of anilines is 1. The Morgan fingerprint density at radius 2 is 2.04 bits per heavy atom. The first-order chi connectivity index (χ1) is 12.3. The molecule has 0 fully saturated rings. The Kier molecular flexibility index (Phi) is 4.62. The van der Waals surface area contributed by atoms with Crippen LogP contribution in [0.2, 0.25) is 0 Å². The Labute approximate surface area is 147 Å². The Morgan fingerprint density at radius 3 is 2.77 bits per heavy atom. The van der Waals surface area contributed by atoms with E-state index in [1.807, 2.05) is 13.8 Å². The van der Waals surface area contributed by atoms with Crippen LogP contribution in [0, 0.1) is 13.8 Å².